The first-order valence-corrected chi connectivity index (χ1v) is 12.0. The molecule has 1 saturated heterocycles. The van der Waals surface area contributed by atoms with Crippen molar-refractivity contribution in [1.29, 1.82) is 0 Å². The largest absolute Gasteiger partial charge is 0.354 e. The van der Waals surface area contributed by atoms with Crippen LogP contribution in [-0.4, -0.2) is 64.1 Å². The monoisotopic (exact) mass is 448 g/mol. The Balaban J connectivity index is 1.18. The third-order valence-corrected chi connectivity index (χ3v) is 6.92. The van der Waals surface area contributed by atoms with E-state index in [1.807, 2.05) is 48.0 Å². The molecular weight excluding hydrogens is 416 g/mol. The number of piperazine rings is 1. The second-order valence-electron chi connectivity index (χ2n) is 9.32. The zero-order valence-corrected chi connectivity index (χ0v) is 19.2. The van der Waals surface area contributed by atoms with Crippen LogP contribution in [0.4, 0.5) is 5.82 Å². The van der Waals surface area contributed by atoms with E-state index in [4.69, 9.17) is 0 Å². The number of rotatable bonds is 6. The van der Waals surface area contributed by atoms with Crippen molar-refractivity contribution < 1.29 is 4.79 Å². The zero-order chi connectivity index (χ0) is 22.8. The lowest BCUT2D eigenvalue weighted by Gasteiger charge is -2.36. The number of amides is 1. The maximum absolute atomic E-state index is 12.9. The molecule has 2 N–H and O–H groups in total. The summed E-state index contributed by atoms with van der Waals surface area (Å²) in [4.78, 5) is 37.5. The van der Waals surface area contributed by atoms with Crippen molar-refractivity contribution >= 4 is 22.8 Å². The Labute approximate surface area is 193 Å². The van der Waals surface area contributed by atoms with Crippen molar-refractivity contribution in [1.82, 2.24) is 24.8 Å². The van der Waals surface area contributed by atoms with Crippen LogP contribution < -0.4 is 15.9 Å². The molecule has 0 bridgehead atoms. The summed E-state index contributed by atoms with van der Waals surface area (Å²) >= 11 is 0. The number of hydrogen-bond donors (Lipinski definition) is 2. The minimum Gasteiger partial charge on any atom is -0.354 e. The molecule has 3 aromatic rings. The number of fused-ring (bicyclic) bond motifs is 1. The highest BCUT2D eigenvalue weighted by Crippen LogP contribution is 2.30. The van der Waals surface area contributed by atoms with Gasteiger partial charge in [-0.15, -0.1) is 0 Å². The van der Waals surface area contributed by atoms with Gasteiger partial charge in [0.1, 0.15) is 5.82 Å². The highest BCUT2D eigenvalue weighted by atomic mass is 16.2. The number of carbonyl (C=O) groups is 1. The first kappa shape index (κ1) is 21.7. The molecule has 0 radical (unpaired) electrons. The predicted molar refractivity (Wildman–Crippen MR) is 130 cm³/mol. The first-order valence-electron chi connectivity index (χ1n) is 12.0. The van der Waals surface area contributed by atoms with Gasteiger partial charge in [-0.2, -0.15) is 0 Å². The van der Waals surface area contributed by atoms with Gasteiger partial charge in [0, 0.05) is 56.6 Å². The van der Waals surface area contributed by atoms with Gasteiger partial charge in [0.15, 0.2) is 0 Å². The number of carbonyl (C=O) groups excluding carboxylic acids is 1. The molecule has 1 saturated carbocycles. The average molecular weight is 449 g/mol. The second-order valence-corrected chi connectivity index (χ2v) is 9.32. The molecular formula is C25H32N6O2. The van der Waals surface area contributed by atoms with Gasteiger partial charge in [0.2, 0.25) is 0 Å². The van der Waals surface area contributed by atoms with Crippen LogP contribution in [0.2, 0.25) is 0 Å². The molecule has 8 heteroatoms. The summed E-state index contributed by atoms with van der Waals surface area (Å²) in [7, 11) is 0. The number of imidazole rings is 1. The molecule has 1 atom stereocenters. The fraction of sp³-hybridized carbons (Fsp3) is 0.480. The van der Waals surface area contributed by atoms with Gasteiger partial charge in [0.25, 0.3) is 5.91 Å². The maximum Gasteiger partial charge on any atom is 0.326 e. The minimum atomic E-state index is -0.106. The Hall–Kier alpha value is -3.13. The summed E-state index contributed by atoms with van der Waals surface area (Å²) in [6.07, 6.45) is 6.25. The van der Waals surface area contributed by atoms with E-state index in [-0.39, 0.29) is 23.7 Å². The van der Waals surface area contributed by atoms with Crippen LogP contribution in [0.15, 0.2) is 47.4 Å². The predicted octanol–water partition coefficient (Wildman–Crippen LogP) is 2.78. The summed E-state index contributed by atoms with van der Waals surface area (Å²) in [6.45, 7) is 6.59. The molecule has 1 unspecified atom stereocenters. The number of aromatic nitrogens is 3. The first-order chi connectivity index (χ1) is 16.1. The molecule has 1 amide bonds. The quantitative estimate of drug-likeness (QED) is 0.606. The fourth-order valence-corrected chi connectivity index (χ4v) is 5.24. The summed E-state index contributed by atoms with van der Waals surface area (Å²) in [5, 5.41) is 3.12. The number of anilines is 1. The summed E-state index contributed by atoms with van der Waals surface area (Å²) in [6, 6.07) is 11.8. The topological polar surface area (TPSA) is 86.3 Å². The molecule has 2 aromatic heterocycles. The van der Waals surface area contributed by atoms with Crippen LogP contribution in [0.25, 0.3) is 11.0 Å². The molecule has 174 valence electrons. The molecule has 1 aliphatic heterocycles. The number of H-pyrrole nitrogens is 1. The van der Waals surface area contributed by atoms with Crippen molar-refractivity contribution in [2.45, 2.75) is 44.7 Å². The Morgan fingerprint density at radius 1 is 1.15 bits per heavy atom. The van der Waals surface area contributed by atoms with Crippen LogP contribution in [0.3, 0.4) is 0 Å². The highest BCUT2D eigenvalue weighted by molar-refractivity contribution is 5.97. The molecule has 0 spiro atoms. The molecule has 2 aliphatic rings. The van der Waals surface area contributed by atoms with Gasteiger partial charge >= 0.3 is 5.69 Å². The van der Waals surface area contributed by atoms with E-state index in [0.29, 0.717) is 5.56 Å². The van der Waals surface area contributed by atoms with E-state index in [1.165, 1.54) is 12.8 Å². The second kappa shape index (κ2) is 9.39. The Morgan fingerprint density at radius 3 is 2.67 bits per heavy atom. The van der Waals surface area contributed by atoms with E-state index < -0.39 is 0 Å². The fourth-order valence-electron chi connectivity index (χ4n) is 5.24. The van der Waals surface area contributed by atoms with Gasteiger partial charge in [-0.3, -0.25) is 14.3 Å². The summed E-state index contributed by atoms with van der Waals surface area (Å²) in [5.74, 6) is 0.916. The Morgan fingerprint density at radius 2 is 1.94 bits per heavy atom. The summed E-state index contributed by atoms with van der Waals surface area (Å²) < 4.78 is 1.87. The lowest BCUT2D eigenvalue weighted by Crippen LogP contribution is -2.51. The van der Waals surface area contributed by atoms with Crippen molar-refractivity contribution in [3.05, 3.63) is 58.6 Å². The third-order valence-electron chi connectivity index (χ3n) is 6.92. The molecule has 33 heavy (non-hydrogen) atoms. The van der Waals surface area contributed by atoms with Crippen molar-refractivity contribution in [2.24, 2.45) is 0 Å². The molecule has 2 fully saturated rings. The van der Waals surface area contributed by atoms with Crippen LogP contribution in [-0.2, 0) is 0 Å². The third kappa shape index (κ3) is 4.66. The van der Waals surface area contributed by atoms with E-state index in [0.717, 1.165) is 62.4 Å². The minimum absolute atomic E-state index is 0.0248. The zero-order valence-electron chi connectivity index (χ0n) is 19.2. The Bertz CT molecular complexity index is 1160. The normalized spacial score (nSPS) is 18.6. The van der Waals surface area contributed by atoms with E-state index >= 15 is 0 Å². The SMILES string of the molecule is CC(CN1CCN(c2ccccn2)CC1)NC(=O)c1ccc2c(c1)[nH]c(=O)n2C1CCCC1. The van der Waals surface area contributed by atoms with Crippen molar-refractivity contribution in [2.75, 3.05) is 37.6 Å². The van der Waals surface area contributed by atoms with E-state index in [1.54, 1.807) is 6.07 Å². The Kier molecular flexibility index (Phi) is 6.17. The lowest BCUT2D eigenvalue weighted by molar-refractivity contribution is 0.0928. The number of aromatic amines is 1. The van der Waals surface area contributed by atoms with E-state index in [9.17, 15) is 9.59 Å². The molecule has 8 nitrogen and oxygen atoms in total. The van der Waals surface area contributed by atoms with Crippen LogP contribution in [0, 0.1) is 0 Å². The van der Waals surface area contributed by atoms with Crippen LogP contribution in [0.1, 0.15) is 49.0 Å². The van der Waals surface area contributed by atoms with Gasteiger partial charge in [-0.1, -0.05) is 18.9 Å². The van der Waals surface area contributed by atoms with Crippen molar-refractivity contribution in [3.8, 4) is 0 Å². The van der Waals surface area contributed by atoms with Gasteiger partial charge in [-0.05, 0) is 50.1 Å². The molecule has 3 heterocycles. The van der Waals surface area contributed by atoms with Crippen LogP contribution >= 0.6 is 0 Å². The number of nitrogens with zero attached hydrogens (tertiary/aromatic N) is 4. The van der Waals surface area contributed by atoms with E-state index in [2.05, 4.69) is 25.1 Å². The number of benzene rings is 1. The number of pyridine rings is 1. The lowest BCUT2D eigenvalue weighted by atomic mass is 10.1. The molecule has 1 aromatic carbocycles. The van der Waals surface area contributed by atoms with Crippen molar-refractivity contribution in [3.63, 3.8) is 0 Å². The number of hydrogen-bond acceptors (Lipinski definition) is 5. The molecule has 1 aliphatic carbocycles. The highest BCUT2D eigenvalue weighted by Gasteiger charge is 2.23. The van der Waals surface area contributed by atoms with Crippen LogP contribution in [0.5, 0.6) is 0 Å². The molecule has 5 rings (SSSR count). The standard InChI is InChI=1S/C25H32N6O2/c1-18(17-29-12-14-30(15-13-29)23-8-4-5-11-26-23)27-24(32)19-9-10-22-21(16-19)28-25(33)31(22)20-6-2-3-7-20/h4-5,8-11,16,18,20H,2-3,6-7,12-15,17H2,1H3,(H,27,32)(H,28,33). The summed E-state index contributed by atoms with van der Waals surface area (Å²) in [5.41, 5.74) is 2.13. The van der Waals surface area contributed by atoms with Gasteiger partial charge in [0.05, 0.1) is 11.0 Å². The average Bonchev–Trinajstić information content (AvgIpc) is 3.46. The van der Waals surface area contributed by atoms with Gasteiger partial charge in [-0.25, -0.2) is 9.78 Å². The van der Waals surface area contributed by atoms with Gasteiger partial charge < -0.3 is 15.2 Å². The number of nitrogens with one attached hydrogen (secondary N) is 2. The maximum atomic E-state index is 12.9. The smallest absolute Gasteiger partial charge is 0.326 e.